The van der Waals surface area contributed by atoms with Crippen LogP contribution in [-0.2, 0) is 49.3 Å². The van der Waals surface area contributed by atoms with E-state index in [0.29, 0.717) is 5.52 Å². The molecular weight excluding hydrogens is 861 g/mol. The van der Waals surface area contributed by atoms with Gasteiger partial charge in [-0.1, -0.05) is 193 Å². The molecule has 0 radical (unpaired) electrons. The molecule has 388 valence electrons. The molecule has 2 aromatic rings. The second-order valence-corrected chi connectivity index (χ2v) is 19.5. The standard InChI is InChI=1S/C56H94N2O10/c1-7-9-11-13-15-17-19-21-23-25-27-29-31-37-52(59)64-44-49(45-65-53(60)38-32-30-28-26-24-22-20-18-16-14-12-10-8-2)68-55(62)42-46(3)41-54(61)66-47(4)67-56(63)58-43-48(39-40-57(5)6)50-35-33-34-36-51(50)58/h33-36,43,46-47,49H,7-32,37-42,44-45H2,1-6H3. The molecule has 1 heterocycles. The molecule has 12 heteroatoms. The lowest BCUT2D eigenvalue weighted by molar-refractivity contribution is -0.169. The number of likely N-dealkylation sites (N-methyl/N-ethyl adjacent to an activating group) is 1. The number of para-hydroxylation sites is 1. The first-order valence-electron chi connectivity index (χ1n) is 27.1. The van der Waals surface area contributed by atoms with E-state index >= 15 is 0 Å². The summed E-state index contributed by atoms with van der Waals surface area (Å²) in [5.74, 6) is -2.52. The minimum atomic E-state index is -1.17. The van der Waals surface area contributed by atoms with Gasteiger partial charge in [0.15, 0.2) is 6.10 Å². The number of fused-ring (bicyclic) bond motifs is 1. The zero-order valence-corrected chi connectivity index (χ0v) is 43.6. The maximum Gasteiger partial charge on any atom is 0.421 e. The number of aromatic nitrogens is 1. The highest BCUT2D eigenvalue weighted by Gasteiger charge is 2.24. The Hall–Kier alpha value is -3.93. The lowest BCUT2D eigenvalue weighted by Crippen LogP contribution is -2.31. The van der Waals surface area contributed by atoms with Crippen molar-refractivity contribution in [3.05, 3.63) is 36.0 Å². The second-order valence-electron chi connectivity index (χ2n) is 19.5. The highest BCUT2D eigenvalue weighted by molar-refractivity contribution is 5.92. The van der Waals surface area contributed by atoms with Crippen LogP contribution in [0.4, 0.5) is 4.79 Å². The molecule has 0 aliphatic rings. The molecule has 1 aromatic carbocycles. The van der Waals surface area contributed by atoms with E-state index < -0.39 is 36.3 Å². The average molecular weight is 955 g/mol. The van der Waals surface area contributed by atoms with Gasteiger partial charge in [-0.25, -0.2) is 4.79 Å². The molecule has 0 aliphatic heterocycles. The summed E-state index contributed by atoms with van der Waals surface area (Å²) in [7, 11) is 3.98. The molecule has 1 aromatic heterocycles. The molecule has 0 aliphatic carbocycles. The minimum absolute atomic E-state index is 0.134. The van der Waals surface area contributed by atoms with E-state index in [4.69, 9.17) is 23.7 Å². The third-order valence-corrected chi connectivity index (χ3v) is 12.5. The van der Waals surface area contributed by atoms with Crippen LogP contribution >= 0.6 is 0 Å². The zero-order chi connectivity index (χ0) is 49.6. The fraction of sp³-hybridized carbons (Fsp3) is 0.768. The van der Waals surface area contributed by atoms with Crippen molar-refractivity contribution >= 4 is 40.9 Å². The predicted octanol–water partition coefficient (Wildman–Crippen LogP) is 14.0. The van der Waals surface area contributed by atoms with E-state index in [1.807, 2.05) is 38.4 Å². The summed E-state index contributed by atoms with van der Waals surface area (Å²) in [5, 5.41) is 0.949. The third kappa shape index (κ3) is 29.8. The van der Waals surface area contributed by atoms with Gasteiger partial charge in [0.1, 0.15) is 13.2 Å². The number of hydrogen-bond donors (Lipinski definition) is 0. The Morgan fingerprint density at radius 1 is 0.529 bits per heavy atom. The van der Waals surface area contributed by atoms with Crippen LogP contribution in [0.25, 0.3) is 10.9 Å². The Morgan fingerprint density at radius 3 is 1.38 bits per heavy atom. The lowest BCUT2D eigenvalue weighted by atomic mass is 10.0. The molecule has 2 atom stereocenters. The van der Waals surface area contributed by atoms with Gasteiger partial charge in [0.2, 0.25) is 6.29 Å². The van der Waals surface area contributed by atoms with E-state index in [1.54, 1.807) is 13.1 Å². The first-order chi connectivity index (χ1) is 32.9. The fourth-order valence-electron chi connectivity index (χ4n) is 8.48. The zero-order valence-electron chi connectivity index (χ0n) is 43.6. The van der Waals surface area contributed by atoms with Crippen molar-refractivity contribution < 1.29 is 47.7 Å². The summed E-state index contributed by atoms with van der Waals surface area (Å²) < 4.78 is 29.1. The van der Waals surface area contributed by atoms with Crippen LogP contribution in [0, 0.1) is 5.92 Å². The van der Waals surface area contributed by atoms with Gasteiger partial charge >= 0.3 is 30.0 Å². The van der Waals surface area contributed by atoms with Crippen LogP contribution in [0.5, 0.6) is 0 Å². The van der Waals surface area contributed by atoms with Crippen molar-refractivity contribution in [3.63, 3.8) is 0 Å². The van der Waals surface area contributed by atoms with Crippen molar-refractivity contribution in [2.75, 3.05) is 33.9 Å². The molecule has 0 spiro atoms. The monoisotopic (exact) mass is 955 g/mol. The number of nitrogens with zero attached hydrogens (tertiary/aromatic N) is 2. The molecule has 12 nitrogen and oxygen atoms in total. The smallest absolute Gasteiger partial charge is 0.421 e. The van der Waals surface area contributed by atoms with Gasteiger partial charge in [-0.15, -0.1) is 0 Å². The predicted molar refractivity (Wildman–Crippen MR) is 272 cm³/mol. The molecule has 0 saturated carbocycles. The maximum absolute atomic E-state index is 13.2. The Bertz CT molecular complexity index is 1610. The van der Waals surface area contributed by atoms with Crippen molar-refractivity contribution in [1.29, 1.82) is 0 Å². The van der Waals surface area contributed by atoms with Crippen LogP contribution in [0.15, 0.2) is 30.5 Å². The number of esters is 4. The summed E-state index contributed by atoms with van der Waals surface area (Å²) in [6, 6.07) is 7.58. The molecule has 0 N–H and O–H groups in total. The molecule has 2 unspecified atom stereocenters. The van der Waals surface area contributed by atoms with Crippen LogP contribution in [0.2, 0.25) is 0 Å². The number of benzene rings is 1. The molecule has 0 saturated heterocycles. The number of unbranched alkanes of at least 4 members (excludes halogenated alkanes) is 24. The Labute approximate surface area is 411 Å². The van der Waals surface area contributed by atoms with Gasteiger partial charge in [-0.3, -0.25) is 23.7 Å². The van der Waals surface area contributed by atoms with Gasteiger partial charge < -0.3 is 28.6 Å². The number of carbonyl (C=O) groups excluding carboxylic acids is 5. The Balaban J connectivity index is 1.79. The largest absolute Gasteiger partial charge is 0.462 e. The molecule has 68 heavy (non-hydrogen) atoms. The van der Waals surface area contributed by atoms with Gasteiger partial charge in [0, 0.05) is 50.7 Å². The van der Waals surface area contributed by atoms with Crippen LogP contribution in [0.3, 0.4) is 0 Å². The summed E-state index contributed by atoms with van der Waals surface area (Å²) in [6.07, 6.45) is 31.4. The van der Waals surface area contributed by atoms with Crippen LogP contribution in [-0.4, -0.2) is 85.7 Å². The van der Waals surface area contributed by atoms with Crippen molar-refractivity contribution in [2.24, 2.45) is 5.92 Å². The van der Waals surface area contributed by atoms with E-state index in [2.05, 4.69) is 18.7 Å². The molecular formula is C56H94N2O10. The normalized spacial score (nSPS) is 12.4. The summed E-state index contributed by atoms with van der Waals surface area (Å²) in [4.78, 5) is 66.7. The summed E-state index contributed by atoms with van der Waals surface area (Å²) >= 11 is 0. The quantitative estimate of drug-likeness (QED) is 0.0272. The van der Waals surface area contributed by atoms with Gasteiger partial charge in [0.25, 0.3) is 0 Å². The summed E-state index contributed by atoms with van der Waals surface area (Å²) in [6.45, 7) is 8.01. The van der Waals surface area contributed by atoms with Crippen LogP contribution < -0.4 is 0 Å². The maximum atomic E-state index is 13.2. The number of rotatable bonds is 42. The second kappa shape index (κ2) is 38.9. The number of ether oxygens (including phenoxy) is 5. The molecule has 2 rings (SSSR count). The van der Waals surface area contributed by atoms with Crippen molar-refractivity contribution in [1.82, 2.24) is 9.47 Å². The van der Waals surface area contributed by atoms with E-state index in [-0.39, 0.29) is 50.8 Å². The Kier molecular flexibility index (Phi) is 34.4. The SMILES string of the molecule is CCCCCCCCCCCCCCCC(=O)OCC(COC(=O)CCCCCCCCCCCCCCC)OC(=O)CC(C)CC(=O)OC(C)OC(=O)n1cc(CCN(C)C)c2ccccc21. The first-order valence-corrected chi connectivity index (χ1v) is 27.1. The van der Waals surface area contributed by atoms with Gasteiger partial charge in [0.05, 0.1) is 5.52 Å². The summed E-state index contributed by atoms with van der Waals surface area (Å²) in [5.41, 5.74) is 1.70. The molecule has 0 bridgehead atoms. The van der Waals surface area contributed by atoms with Crippen LogP contribution in [0.1, 0.15) is 226 Å². The fourth-order valence-corrected chi connectivity index (χ4v) is 8.48. The Morgan fingerprint density at radius 2 is 0.941 bits per heavy atom. The van der Waals surface area contributed by atoms with E-state index in [9.17, 15) is 24.0 Å². The highest BCUT2D eigenvalue weighted by atomic mass is 16.7. The minimum Gasteiger partial charge on any atom is -0.462 e. The number of carbonyl (C=O) groups is 5. The van der Waals surface area contributed by atoms with E-state index in [0.717, 1.165) is 62.4 Å². The average Bonchev–Trinajstić information content (AvgIpc) is 3.68. The number of hydrogen-bond acceptors (Lipinski definition) is 11. The van der Waals surface area contributed by atoms with E-state index in [1.165, 1.54) is 140 Å². The topological polar surface area (TPSA) is 140 Å². The van der Waals surface area contributed by atoms with Crippen molar-refractivity contribution in [3.8, 4) is 0 Å². The van der Waals surface area contributed by atoms with Crippen molar-refractivity contribution in [2.45, 2.75) is 239 Å². The third-order valence-electron chi connectivity index (χ3n) is 12.5. The molecule has 0 amide bonds. The highest BCUT2D eigenvalue weighted by Crippen LogP contribution is 2.23. The first kappa shape index (κ1) is 60.2. The molecule has 0 fully saturated rings. The van der Waals surface area contributed by atoms with Gasteiger partial charge in [-0.2, -0.15) is 0 Å². The van der Waals surface area contributed by atoms with Gasteiger partial charge in [-0.05, 0) is 50.9 Å². The lowest BCUT2D eigenvalue weighted by Gasteiger charge is -2.20.